The van der Waals surface area contributed by atoms with Gasteiger partial charge in [-0.15, -0.1) is 0 Å². The van der Waals surface area contributed by atoms with E-state index in [2.05, 4.69) is 87.5 Å². The summed E-state index contributed by atoms with van der Waals surface area (Å²) in [5.74, 6) is 0.931. The van der Waals surface area contributed by atoms with Crippen molar-refractivity contribution in [1.29, 1.82) is 0 Å². The second kappa shape index (κ2) is 5.61. The SMILES string of the molecule is CC(C)(C)c1ccc2ccc3c(-c4cc5ccccc5o4)ccc4ccc1c2c43. The Balaban J connectivity index is 1.75. The van der Waals surface area contributed by atoms with Crippen molar-refractivity contribution in [3.8, 4) is 11.3 Å². The van der Waals surface area contributed by atoms with E-state index in [4.69, 9.17) is 4.42 Å². The molecule has 0 aliphatic carbocycles. The molecule has 0 aliphatic rings. The first-order chi connectivity index (χ1) is 14.0. The number of benzene rings is 5. The number of para-hydroxylation sites is 1. The minimum absolute atomic E-state index is 0.101. The largest absolute Gasteiger partial charge is 0.456 e. The maximum atomic E-state index is 6.22. The van der Waals surface area contributed by atoms with E-state index in [1.165, 1.54) is 37.9 Å². The molecule has 1 heteroatoms. The van der Waals surface area contributed by atoms with Crippen molar-refractivity contribution in [2.45, 2.75) is 26.2 Å². The van der Waals surface area contributed by atoms with Crippen LogP contribution in [0.4, 0.5) is 0 Å². The smallest absolute Gasteiger partial charge is 0.136 e. The quantitative estimate of drug-likeness (QED) is 0.264. The molecule has 6 rings (SSSR count). The van der Waals surface area contributed by atoms with E-state index in [0.717, 1.165) is 22.3 Å². The Labute approximate surface area is 169 Å². The molecule has 0 saturated carbocycles. The maximum Gasteiger partial charge on any atom is 0.136 e. The van der Waals surface area contributed by atoms with E-state index in [-0.39, 0.29) is 5.41 Å². The summed E-state index contributed by atoms with van der Waals surface area (Å²) in [4.78, 5) is 0. The van der Waals surface area contributed by atoms with E-state index < -0.39 is 0 Å². The lowest BCUT2D eigenvalue weighted by Crippen LogP contribution is -2.11. The van der Waals surface area contributed by atoms with Crippen molar-refractivity contribution in [1.82, 2.24) is 0 Å². The lowest BCUT2D eigenvalue weighted by molar-refractivity contribution is 0.596. The van der Waals surface area contributed by atoms with Crippen LogP contribution >= 0.6 is 0 Å². The van der Waals surface area contributed by atoms with Crippen LogP contribution in [0.3, 0.4) is 0 Å². The molecular weight excluding hydrogens is 352 g/mol. The number of hydrogen-bond donors (Lipinski definition) is 0. The van der Waals surface area contributed by atoms with Crippen molar-refractivity contribution in [2.24, 2.45) is 0 Å². The van der Waals surface area contributed by atoms with E-state index in [1.807, 2.05) is 12.1 Å². The summed E-state index contributed by atoms with van der Waals surface area (Å²) in [6.07, 6.45) is 0. The normalized spacial score (nSPS) is 12.7. The van der Waals surface area contributed by atoms with Gasteiger partial charge in [-0.3, -0.25) is 0 Å². The molecule has 6 aromatic rings. The molecule has 0 unspecified atom stereocenters. The fourth-order valence-electron chi connectivity index (χ4n) is 4.78. The monoisotopic (exact) mass is 374 g/mol. The number of fused-ring (bicyclic) bond motifs is 1. The van der Waals surface area contributed by atoms with Gasteiger partial charge in [0.15, 0.2) is 0 Å². The Kier molecular flexibility index (Phi) is 3.21. The van der Waals surface area contributed by atoms with Gasteiger partial charge in [0, 0.05) is 10.9 Å². The highest BCUT2D eigenvalue weighted by molar-refractivity contribution is 6.26. The van der Waals surface area contributed by atoms with Gasteiger partial charge in [0.05, 0.1) is 0 Å². The highest BCUT2D eigenvalue weighted by Gasteiger charge is 2.20. The van der Waals surface area contributed by atoms with Gasteiger partial charge in [-0.05, 0) is 61.5 Å². The molecule has 0 N–H and O–H groups in total. The first-order valence-corrected chi connectivity index (χ1v) is 10.2. The predicted molar refractivity (Wildman–Crippen MR) is 124 cm³/mol. The minimum atomic E-state index is 0.101. The van der Waals surface area contributed by atoms with Crippen LogP contribution in [0.1, 0.15) is 26.3 Å². The number of hydrogen-bond acceptors (Lipinski definition) is 1. The van der Waals surface area contributed by atoms with E-state index in [1.54, 1.807) is 0 Å². The second-order valence-corrected chi connectivity index (χ2v) is 9.05. The number of rotatable bonds is 1. The lowest BCUT2D eigenvalue weighted by Gasteiger charge is -2.23. The average Bonchev–Trinajstić information content (AvgIpc) is 3.15. The van der Waals surface area contributed by atoms with Crippen LogP contribution in [0, 0.1) is 0 Å². The fraction of sp³-hybridized carbons (Fsp3) is 0.143. The summed E-state index contributed by atoms with van der Waals surface area (Å²) in [6.45, 7) is 6.87. The zero-order chi connectivity index (χ0) is 19.8. The number of furan rings is 1. The van der Waals surface area contributed by atoms with Crippen molar-refractivity contribution in [3.63, 3.8) is 0 Å². The summed E-state index contributed by atoms with van der Waals surface area (Å²) < 4.78 is 6.22. The van der Waals surface area contributed by atoms with Crippen LogP contribution in [-0.2, 0) is 5.41 Å². The van der Waals surface area contributed by atoms with Gasteiger partial charge >= 0.3 is 0 Å². The van der Waals surface area contributed by atoms with Crippen molar-refractivity contribution in [3.05, 3.63) is 84.4 Å². The van der Waals surface area contributed by atoms with Crippen molar-refractivity contribution >= 4 is 43.3 Å². The molecule has 0 amide bonds. The summed E-state index contributed by atoms with van der Waals surface area (Å²) in [7, 11) is 0. The molecule has 0 radical (unpaired) electrons. The van der Waals surface area contributed by atoms with Crippen LogP contribution < -0.4 is 0 Å². The Morgan fingerprint density at radius 1 is 0.621 bits per heavy atom. The Morgan fingerprint density at radius 2 is 1.28 bits per heavy atom. The van der Waals surface area contributed by atoms with Crippen LogP contribution in [0.2, 0.25) is 0 Å². The highest BCUT2D eigenvalue weighted by Crippen LogP contribution is 2.42. The summed E-state index contributed by atoms with van der Waals surface area (Å²) in [6, 6.07) is 28.4. The molecule has 1 aromatic heterocycles. The zero-order valence-corrected chi connectivity index (χ0v) is 16.9. The molecular formula is C28H22O. The van der Waals surface area contributed by atoms with Gasteiger partial charge < -0.3 is 4.42 Å². The topological polar surface area (TPSA) is 13.1 Å². The van der Waals surface area contributed by atoms with Gasteiger partial charge in [0.1, 0.15) is 11.3 Å². The van der Waals surface area contributed by atoms with Crippen LogP contribution in [0.25, 0.3) is 54.6 Å². The summed E-state index contributed by atoms with van der Waals surface area (Å²) in [5, 5.41) is 9.04. The average molecular weight is 374 g/mol. The van der Waals surface area contributed by atoms with E-state index in [0.29, 0.717) is 0 Å². The third kappa shape index (κ3) is 2.34. The molecule has 0 fully saturated rings. The summed E-state index contributed by atoms with van der Waals surface area (Å²) >= 11 is 0. The molecule has 0 aliphatic heterocycles. The van der Waals surface area contributed by atoms with Gasteiger partial charge in [-0.25, -0.2) is 0 Å². The highest BCUT2D eigenvalue weighted by atomic mass is 16.3. The Hall–Kier alpha value is -3.32. The van der Waals surface area contributed by atoms with Crippen molar-refractivity contribution < 1.29 is 4.42 Å². The molecule has 5 aromatic carbocycles. The molecule has 29 heavy (non-hydrogen) atoms. The molecule has 0 saturated heterocycles. The predicted octanol–water partition coefficient (Wildman–Crippen LogP) is 8.29. The minimum Gasteiger partial charge on any atom is -0.456 e. The molecule has 0 bridgehead atoms. The maximum absolute atomic E-state index is 6.22. The fourth-order valence-corrected chi connectivity index (χ4v) is 4.78. The Bertz CT molecular complexity index is 1490. The summed E-state index contributed by atoms with van der Waals surface area (Å²) in [5.41, 5.74) is 3.59. The van der Waals surface area contributed by atoms with Crippen LogP contribution in [0.5, 0.6) is 0 Å². The van der Waals surface area contributed by atoms with Gasteiger partial charge in [0.2, 0.25) is 0 Å². The van der Waals surface area contributed by atoms with Gasteiger partial charge in [0.25, 0.3) is 0 Å². The molecule has 0 spiro atoms. The zero-order valence-electron chi connectivity index (χ0n) is 16.9. The van der Waals surface area contributed by atoms with Gasteiger partial charge in [-0.2, -0.15) is 0 Å². The molecule has 1 nitrogen and oxygen atoms in total. The molecule has 1 heterocycles. The van der Waals surface area contributed by atoms with Crippen molar-refractivity contribution in [2.75, 3.05) is 0 Å². The molecule has 140 valence electrons. The second-order valence-electron chi connectivity index (χ2n) is 9.05. The van der Waals surface area contributed by atoms with Crippen LogP contribution in [-0.4, -0.2) is 0 Å². The third-order valence-corrected chi connectivity index (χ3v) is 6.16. The Morgan fingerprint density at radius 3 is 2.03 bits per heavy atom. The van der Waals surface area contributed by atoms with Crippen LogP contribution in [0.15, 0.2) is 83.3 Å². The van der Waals surface area contributed by atoms with E-state index >= 15 is 0 Å². The first kappa shape index (κ1) is 16.6. The lowest BCUT2D eigenvalue weighted by atomic mass is 9.81. The van der Waals surface area contributed by atoms with E-state index in [9.17, 15) is 0 Å². The first-order valence-electron chi connectivity index (χ1n) is 10.2. The standard InChI is InChI=1S/C28H22O/c1-28(2,3)23-15-11-18-9-13-21-20(25-16-19-6-4-5-7-24(19)29-25)12-8-17-10-14-22(23)27(18)26(17)21/h4-16H,1-3H3. The third-order valence-electron chi connectivity index (χ3n) is 6.16. The van der Waals surface area contributed by atoms with Gasteiger partial charge in [-0.1, -0.05) is 81.4 Å². The molecule has 0 atom stereocenters.